The maximum Gasteiger partial charge on any atom is 0.265 e. The molecule has 0 spiro atoms. The number of allylic oxidation sites excluding steroid dienone is 1. The number of benzene rings is 3. The third kappa shape index (κ3) is 4.72. The monoisotopic (exact) mass is 386 g/mol. The molecule has 148 valence electrons. The second-order valence-electron chi connectivity index (χ2n) is 7.19. The number of unbranched alkanes of at least 4 members (excludes halogenated alkanes) is 1. The van der Waals surface area contributed by atoms with Crippen molar-refractivity contribution in [3.8, 4) is 0 Å². The second-order valence-corrected chi connectivity index (χ2v) is 7.19. The fourth-order valence-electron chi connectivity index (χ4n) is 3.27. The van der Waals surface area contributed by atoms with Gasteiger partial charge in [-0.05, 0) is 54.8 Å². The number of nitrogens with zero attached hydrogens (tertiary/aromatic N) is 1. The lowest BCUT2D eigenvalue weighted by Crippen LogP contribution is -2.36. The number of hydrogen-bond donors (Lipinski definition) is 1. The Labute approximate surface area is 171 Å². The minimum Gasteiger partial charge on any atom is -0.397 e. The highest BCUT2D eigenvalue weighted by Crippen LogP contribution is 2.26. The maximum atomic E-state index is 13.4. The van der Waals surface area contributed by atoms with Crippen molar-refractivity contribution in [2.45, 2.75) is 33.1 Å². The molecule has 0 bridgehead atoms. The highest BCUT2D eigenvalue weighted by atomic mass is 16.2. The lowest BCUT2D eigenvalue weighted by molar-refractivity contribution is -0.113. The number of hydrogen-bond acceptors (Lipinski definition) is 3. The average molecular weight is 386 g/mol. The van der Waals surface area contributed by atoms with Crippen molar-refractivity contribution in [3.63, 3.8) is 0 Å². The van der Waals surface area contributed by atoms with E-state index in [0.717, 1.165) is 35.6 Å². The van der Waals surface area contributed by atoms with Crippen LogP contribution in [-0.4, -0.2) is 11.8 Å². The molecular formula is C25H26N2O2. The van der Waals surface area contributed by atoms with Gasteiger partial charge in [-0.25, -0.2) is 4.90 Å². The summed E-state index contributed by atoms with van der Waals surface area (Å²) in [6.07, 6.45) is 4.41. The lowest BCUT2D eigenvalue weighted by atomic mass is 10.1. The number of amides is 2. The van der Waals surface area contributed by atoms with Gasteiger partial charge in [0.1, 0.15) is 0 Å². The SMILES string of the molecule is CCCCC(C)=CC(=O)N(C(=O)c1ccc2ccccc2c1)c1ccccc1N. The molecule has 0 radical (unpaired) electrons. The van der Waals surface area contributed by atoms with E-state index in [-0.39, 0.29) is 5.91 Å². The van der Waals surface area contributed by atoms with Gasteiger partial charge in [0.2, 0.25) is 0 Å². The van der Waals surface area contributed by atoms with Crippen molar-refractivity contribution in [1.29, 1.82) is 0 Å². The van der Waals surface area contributed by atoms with Gasteiger partial charge in [-0.3, -0.25) is 9.59 Å². The number of imide groups is 1. The first-order chi connectivity index (χ1) is 14.0. The fraction of sp³-hybridized carbons (Fsp3) is 0.200. The zero-order valence-electron chi connectivity index (χ0n) is 16.9. The van der Waals surface area contributed by atoms with Crippen molar-refractivity contribution in [2.24, 2.45) is 0 Å². The minimum atomic E-state index is -0.391. The number of para-hydroxylation sites is 2. The molecule has 2 N–H and O–H groups in total. The van der Waals surface area contributed by atoms with Crippen LogP contribution in [0.15, 0.2) is 78.4 Å². The molecule has 0 heterocycles. The van der Waals surface area contributed by atoms with Gasteiger partial charge in [-0.15, -0.1) is 0 Å². The second kappa shape index (κ2) is 9.20. The summed E-state index contributed by atoms with van der Waals surface area (Å²) in [4.78, 5) is 27.7. The summed E-state index contributed by atoms with van der Waals surface area (Å²) in [7, 11) is 0. The average Bonchev–Trinajstić information content (AvgIpc) is 2.73. The largest absolute Gasteiger partial charge is 0.397 e. The van der Waals surface area contributed by atoms with Crippen LogP contribution in [0.3, 0.4) is 0 Å². The normalized spacial score (nSPS) is 11.4. The molecule has 0 saturated carbocycles. The molecule has 3 aromatic carbocycles. The van der Waals surface area contributed by atoms with Crippen LogP contribution in [0, 0.1) is 0 Å². The molecular weight excluding hydrogens is 360 g/mol. The first-order valence-corrected chi connectivity index (χ1v) is 9.90. The zero-order chi connectivity index (χ0) is 20.8. The number of fused-ring (bicyclic) bond motifs is 1. The zero-order valence-corrected chi connectivity index (χ0v) is 16.9. The Morgan fingerprint density at radius 3 is 2.38 bits per heavy atom. The van der Waals surface area contributed by atoms with Crippen molar-refractivity contribution in [2.75, 3.05) is 10.6 Å². The Kier molecular flexibility index (Phi) is 6.45. The summed E-state index contributed by atoms with van der Waals surface area (Å²) < 4.78 is 0. The standard InChI is InChI=1S/C25H26N2O2/c1-3-4-9-18(2)16-24(28)27(23-13-8-7-12-22(23)26)25(29)21-15-14-19-10-5-6-11-20(19)17-21/h5-8,10-17H,3-4,9,26H2,1-2H3. The van der Waals surface area contributed by atoms with Crippen molar-refractivity contribution in [1.82, 2.24) is 0 Å². The first-order valence-electron chi connectivity index (χ1n) is 9.90. The highest BCUT2D eigenvalue weighted by Gasteiger charge is 2.25. The van der Waals surface area contributed by atoms with E-state index in [1.807, 2.05) is 43.3 Å². The van der Waals surface area contributed by atoms with E-state index in [1.54, 1.807) is 36.4 Å². The van der Waals surface area contributed by atoms with Crippen LogP contribution in [0.2, 0.25) is 0 Å². The van der Waals surface area contributed by atoms with Crippen LogP contribution in [0.4, 0.5) is 11.4 Å². The molecule has 0 aliphatic rings. The smallest absolute Gasteiger partial charge is 0.265 e. The Hall–Kier alpha value is -3.40. The Morgan fingerprint density at radius 2 is 1.66 bits per heavy atom. The molecule has 0 atom stereocenters. The van der Waals surface area contributed by atoms with Gasteiger partial charge >= 0.3 is 0 Å². The topological polar surface area (TPSA) is 63.4 Å². The summed E-state index contributed by atoms with van der Waals surface area (Å²) in [6, 6.07) is 20.2. The highest BCUT2D eigenvalue weighted by molar-refractivity contribution is 6.25. The van der Waals surface area contributed by atoms with Crippen LogP contribution >= 0.6 is 0 Å². The molecule has 3 rings (SSSR count). The summed E-state index contributed by atoms with van der Waals surface area (Å²) in [5.74, 6) is -0.771. The van der Waals surface area contributed by atoms with Crippen LogP contribution in [0.1, 0.15) is 43.5 Å². The van der Waals surface area contributed by atoms with E-state index in [4.69, 9.17) is 5.73 Å². The van der Waals surface area contributed by atoms with E-state index in [2.05, 4.69) is 6.92 Å². The summed E-state index contributed by atoms with van der Waals surface area (Å²) in [5.41, 5.74) is 8.28. The van der Waals surface area contributed by atoms with Gasteiger partial charge < -0.3 is 5.73 Å². The van der Waals surface area contributed by atoms with Crippen molar-refractivity contribution >= 4 is 34.0 Å². The maximum absolute atomic E-state index is 13.4. The van der Waals surface area contributed by atoms with Gasteiger partial charge in [0.05, 0.1) is 11.4 Å². The number of rotatable bonds is 6. The van der Waals surface area contributed by atoms with Gasteiger partial charge in [0.15, 0.2) is 0 Å². The number of nitrogens with two attached hydrogens (primary N) is 1. The summed E-state index contributed by atoms with van der Waals surface area (Å²) in [6.45, 7) is 4.02. The van der Waals surface area contributed by atoms with Crippen LogP contribution in [0.5, 0.6) is 0 Å². The Bertz CT molecular complexity index is 1070. The molecule has 4 heteroatoms. The van der Waals surface area contributed by atoms with Crippen LogP contribution in [-0.2, 0) is 4.79 Å². The van der Waals surface area contributed by atoms with E-state index in [9.17, 15) is 9.59 Å². The third-order valence-corrected chi connectivity index (χ3v) is 4.89. The first kappa shape index (κ1) is 20.3. The molecule has 0 fully saturated rings. The number of anilines is 2. The Morgan fingerprint density at radius 1 is 0.966 bits per heavy atom. The predicted molar refractivity (Wildman–Crippen MR) is 120 cm³/mol. The molecule has 0 unspecified atom stereocenters. The Balaban J connectivity index is 2.03. The quantitative estimate of drug-likeness (QED) is 0.434. The lowest BCUT2D eigenvalue weighted by Gasteiger charge is -2.22. The summed E-state index contributed by atoms with van der Waals surface area (Å²) >= 11 is 0. The molecule has 0 saturated heterocycles. The molecule has 0 aromatic heterocycles. The van der Waals surface area contributed by atoms with Crippen molar-refractivity contribution < 1.29 is 9.59 Å². The van der Waals surface area contributed by atoms with Crippen molar-refractivity contribution in [3.05, 3.63) is 83.9 Å². The molecule has 2 amide bonds. The van der Waals surface area contributed by atoms with Crippen LogP contribution < -0.4 is 10.6 Å². The predicted octanol–water partition coefficient (Wildman–Crippen LogP) is 5.73. The number of carbonyl (C=O) groups is 2. The van der Waals surface area contributed by atoms with Gasteiger partial charge in [0.25, 0.3) is 11.8 Å². The van der Waals surface area contributed by atoms with Crippen LogP contribution in [0.25, 0.3) is 10.8 Å². The van der Waals surface area contributed by atoms with E-state index < -0.39 is 5.91 Å². The molecule has 3 aromatic rings. The van der Waals surface area contributed by atoms with E-state index in [1.165, 1.54) is 4.90 Å². The van der Waals surface area contributed by atoms with E-state index >= 15 is 0 Å². The van der Waals surface area contributed by atoms with Gasteiger partial charge in [0, 0.05) is 11.6 Å². The minimum absolute atomic E-state index is 0.380. The number of carbonyl (C=O) groups excluding carboxylic acids is 2. The number of nitrogen functional groups attached to an aromatic ring is 1. The molecule has 29 heavy (non-hydrogen) atoms. The fourth-order valence-corrected chi connectivity index (χ4v) is 3.27. The van der Waals surface area contributed by atoms with E-state index in [0.29, 0.717) is 16.9 Å². The molecule has 4 nitrogen and oxygen atoms in total. The summed E-state index contributed by atoms with van der Waals surface area (Å²) in [5, 5.41) is 1.98. The molecule has 0 aliphatic carbocycles. The van der Waals surface area contributed by atoms with Gasteiger partial charge in [-0.2, -0.15) is 0 Å². The molecule has 0 aliphatic heterocycles. The third-order valence-electron chi connectivity index (χ3n) is 4.89. The van der Waals surface area contributed by atoms with Gasteiger partial charge in [-0.1, -0.05) is 61.4 Å².